The van der Waals surface area contributed by atoms with E-state index in [1.54, 1.807) is 0 Å². The minimum absolute atomic E-state index is 0. The van der Waals surface area contributed by atoms with Gasteiger partial charge in [-0.2, -0.15) is 0 Å². The molecule has 0 saturated carbocycles. The maximum atomic E-state index is 8.67. The average Bonchev–Trinajstić information content (AvgIpc) is 2.13. The van der Waals surface area contributed by atoms with Crippen LogP contribution in [0.15, 0.2) is 13.2 Å². The summed E-state index contributed by atoms with van der Waals surface area (Å²) in [6.45, 7) is 11.9. The third kappa shape index (κ3) is 18.9. The molecule has 0 bridgehead atoms. The van der Waals surface area contributed by atoms with Crippen molar-refractivity contribution < 1.29 is 28.4 Å². The van der Waals surface area contributed by atoms with Crippen molar-refractivity contribution in [2.45, 2.75) is 27.5 Å². The Kier molecular flexibility index (Phi) is 40.6. The Hall–Kier alpha value is 0.204. The second-order valence-electron chi connectivity index (χ2n) is 1.54. The summed E-state index contributed by atoms with van der Waals surface area (Å²) in [4.78, 5) is 0. The van der Waals surface area contributed by atoms with Crippen LogP contribution in [-0.2, 0) is 23.3 Å². The summed E-state index contributed by atoms with van der Waals surface area (Å²) >= 11 is 0. The second-order valence-corrected chi connectivity index (χ2v) is 1.54. The Morgan fingerprint density at radius 3 is 2.00 bits per heavy atom. The molecule has 1 aliphatic heterocycles. The first kappa shape index (κ1) is 23.2. The van der Waals surface area contributed by atoms with Crippen molar-refractivity contribution in [1.29, 1.82) is 0 Å². The zero-order valence-corrected chi connectivity index (χ0v) is 9.31. The van der Waals surface area contributed by atoms with Crippen LogP contribution in [0.5, 0.6) is 0 Å². The quantitative estimate of drug-likeness (QED) is 0.615. The smallest absolute Gasteiger partial charge is 0.128 e. The van der Waals surface area contributed by atoms with Gasteiger partial charge in [-0.3, -0.25) is 5.32 Å². The Balaban J connectivity index is -0.0000000607. The Morgan fingerprint density at radius 2 is 1.85 bits per heavy atom. The number of aliphatic hydroxyl groups is 1. The van der Waals surface area contributed by atoms with Gasteiger partial charge in [0.05, 0.1) is 13.2 Å². The van der Waals surface area contributed by atoms with Crippen molar-refractivity contribution in [3.8, 4) is 0 Å². The first-order valence-electron chi connectivity index (χ1n) is 3.89. The largest absolute Gasteiger partial charge is 0.376 e. The van der Waals surface area contributed by atoms with E-state index < -0.39 is 6.23 Å². The summed E-state index contributed by atoms with van der Waals surface area (Å²) in [6, 6.07) is 0. The van der Waals surface area contributed by atoms with Crippen LogP contribution in [-0.4, -0.2) is 31.1 Å². The molecule has 0 aliphatic carbocycles. The molecule has 1 radical (unpaired) electrons. The molecule has 0 aromatic rings. The van der Waals surface area contributed by atoms with Crippen LogP contribution in [0.4, 0.5) is 0 Å². The van der Waals surface area contributed by atoms with Crippen molar-refractivity contribution in [2.24, 2.45) is 0 Å². The maximum Gasteiger partial charge on any atom is 0.128 e. The summed E-state index contributed by atoms with van der Waals surface area (Å²) in [5.74, 6) is 0. The maximum absolute atomic E-state index is 8.67. The molecule has 81 valence electrons. The predicted molar refractivity (Wildman–Crippen MR) is 54.2 cm³/mol. The number of morpholine rings is 1. The van der Waals surface area contributed by atoms with Crippen LogP contribution in [0.1, 0.15) is 21.3 Å². The molecule has 1 atom stereocenters. The van der Waals surface area contributed by atoms with Gasteiger partial charge in [-0.25, -0.2) is 0 Å². The first-order valence-corrected chi connectivity index (χ1v) is 3.89. The van der Waals surface area contributed by atoms with Crippen LogP contribution in [0.2, 0.25) is 0 Å². The molecular formula is C9H23NO2V. The number of rotatable bonds is 0. The molecule has 1 aliphatic rings. The van der Waals surface area contributed by atoms with E-state index in [0.29, 0.717) is 6.61 Å². The normalized spacial score (nSPS) is 18.5. The molecule has 1 saturated heterocycles. The fourth-order valence-electron chi connectivity index (χ4n) is 0.552. The van der Waals surface area contributed by atoms with Crippen molar-refractivity contribution in [3.05, 3.63) is 13.2 Å². The van der Waals surface area contributed by atoms with Crippen LogP contribution >= 0.6 is 0 Å². The van der Waals surface area contributed by atoms with E-state index in [2.05, 4.69) is 18.5 Å². The van der Waals surface area contributed by atoms with E-state index in [9.17, 15) is 0 Å². The molecule has 1 heterocycles. The minimum Gasteiger partial charge on any atom is -0.376 e. The Labute approximate surface area is 94.4 Å². The summed E-state index contributed by atoms with van der Waals surface area (Å²) in [5, 5.41) is 11.5. The zero-order valence-electron chi connectivity index (χ0n) is 7.92. The third-order valence-electron chi connectivity index (χ3n) is 0.902. The van der Waals surface area contributed by atoms with Gasteiger partial charge in [-0.1, -0.05) is 21.3 Å². The summed E-state index contributed by atoms with van der Waals surface area (Å²) < 4.78 is 4.87. The number of ether oxygens (including phenoxy) is 1. The van der Waals surface area contributed by atoms with Gasteiger partial charge in [0.1, 0.15) is 6.23 Å². The molecule has 13 heavy (non-hydrogen) atoms. The molecule has 0 spiro atoms. The summed E-state index contributed by atoms with van der Waals surface area (Å²) in [5.41, 5.74) is 0. The van der Waals surface area contributed by atoms with E-state index in [4.69, 9.17) is 9.84 Å². The van der Waals surface area contributed by atoms with Crippen molar-refractivity contribution in [2.75, 3.05) is 19.8 Å². The fourth-order valence-corrected chi connectivity index (χ4v) is 0.552. The molecule has 1 rings (SSSR count). The van der Waals surface area contributed by atoms with Crippen LogP contribution < -0.4 is 5.32 Å². The summed E-state index contributed by atoms with van der Waals surface area (Å²) in [7, 11) is 0. The summed E-state index contributed by atoms with van der Waals surface area (Å²) in [6.07, 6.45) is -0.436. The van der Waals surface area contributed by atoms with Gasteiger partial charge in [0.15, 0.2) is 0 Å². The van der Waals surface area contributed by atoms with E-state index >= 15 is 0 Å². The number of nitrogens with one attached hydrogen (secondary N) is 1. The first-order chi connectivity index (χ1) is 5.39. The molecule has 0 amide bonds. The van der Waals surface area contributed by atoms with Gasteiger partial charge in [-0.15, -0.1) is 13.2 Å². The molecule has 0 aromatic heterocycles. The van der Waals surface area contributed by atoms with Gasteiger partial charge in [0.2, 0.25) is 0 Å². The Morgan fingerprint density at radius 1 is 1.38 bits per heavy atom. The topological polar surface area (TPSA) is 41.5 Å². The van der Waals surface area contributed by atoms with Gasteiger partial charge in [0, 0.05) is 25.1 Å². The number of hydrogen-bond donors (Lipinski definition) is 2. The van der Waals surface area contributed by atoms with E-state index in [0.717, 1.165) is 13.2 Å². The van der Waals surface area contributed by atoms with Crippen molar-refractivity contribution in [1.82, 2.24) is 5.32 Å². The number of aliphatic hydroxyl groups excluding tert-OH is 1. The predicted octanol–water partition coefficient (Wildman–Crippen LogP) is 1.39. The molecule has 1 fully saturated rings. The van der Waals surface area contributed by atoms with Gasteiger partial charge in [-0.05, 0) is 0 Å². The SMILES string of the molecule is C.C=C.CC.O[C@@H]1COCCN1.[V]. The van der Waals surface area contributed by atoms with Crippen LogP contribution in [0.3, 0.4) is 0 Å². The molecular weight excluding hydrogens is 205 g/mol. The van der Waals surface area contributed by atoms with E-state index in [-0.39, 0.29) is 26.0 Å². The standard InChI is InChI=1S/C4H9NO2.C2H6.C2H4.CH4.V/c6-4-3-7-2-1-5-4;2*1-2;;/h4-6H,1-3H2;1-2H3;1-2H2;1H4;/t4-;;;;/m1..../s1. The molecule has 0 aromatic carbocycles. The van der Waals surface area contributed by atoms with Gasteiger partial charge < -0.3 is 9.84 Å². The van der Waals surface area contributed by atoms with E-state index in [1.165, 1.54) is 0 Å². The molecule has 0 unspecified atom stereocenters. The molecule has 3 nitrogen and oxygen atoms in total. The van der Waals surface area contributed by atoms with Crippen molar-refractivity contribution in [3.63, 3.8) is 0 Å². The average molecular weight is 228 g/mol. The van der Waals surface area contributed by atoms with Crippen molar-refractivity contribution >= 4 is 0 Å². The number of hydrogen-bond acceptors (Lipinski definition) is 3. The van der Waals surface area contributed by atoms with Crippen LogP contribution in [0, 0.1) is 0 Å². The fraction of sp³-hybridized carbons (Fsp3) is 0.778. The van der Waals surface area contributed by atoms with Gasteiger partial charge >= 0.3 is 0 Å². The minimum atomic E-state index is -0.436. The monoisotopic (exact) mass is 228 g/mol. The molecule has 2 N–H and O–H groups in total. The van der Waals surface area contributed by atoms with Gasteiger partial charge in [0.25, 0.3) is 0 Å². The van der Waals surface area contributed by atoms with Crippen LogP contribution in [0.25, 0.3) is 0 Å². The van der Waals surface area contributed by atoms with E-state index in [1.807, 2.05) is 13.8 Å². The third-order valence-corrected chi connectivity index (χ3v) is 0.902. The zero-order chi connectivity index (χ0) is 9.11. The second kappa shape index (κ2) is 22.8. The molecule has 4 heteroatoms. The Bertz CT molecular complexity index is 68.6.